The predicted octanol–water partition coefficient (Wildman–Crippen LogP) is 1.53. The maximum atomic E-state index is 13.3. The van der Waals surface area contributed by atoms with E-state index in [4.69, 9.17) is 5.11 Å². The molecule has 0 aromatic heterocycles. The normalized spacial score (nSPS) is 19.9. The van der Waals surface area contributed by atoms with Gasteiger partial charge in [0, 0.05) is 19.3 Å². The summed E-state index contributed by atoms with van der Waals surface area (Å²) in [6.45, 7) is 0.807. The van der Waals surface area contributed by atoms with Gasteiger partial charge in [0.25, 0.3) is 0 Å². The van der Waals surface area contributed by atoms with Crippen molar-refractivity contribution in [2.75, 3.05) is 24.2 Å². The van der Waals surface area contributed by atoms with Crippen LogP contribution >= 0.6 is 0 Å². The van der Waals surface area contributed by atoms with Crippen LogP contribution in [-0.4, -0.2) is 38.8 Å². The van der Waals surface area contributed by atoms with Gasteiger partial charge in [0.2, 0.25) is 0 Å². The van der Waals surface area contributed by atoms with Crippen molar-refractivity contribution in [3.05, 3.63) is 24.0 Å². The quantitative estimate of drug-likeness (QED) is 0.916. The van der Waals surface area contributed by atoms with E-state index in [0.717, 1.165) is 12.3 Å². The Bertz CT molecular complexity index is 629. The second-order valence-electron chi connectivity index (χ2n) is 5.01. The first-order valence-electron chi connectivity index (χ1n) is 6.26. The summed E-state index contributed by atoms with van der Waals surface area (Å²) in [6, 6.07) is 3.57. The van der Waals surface area contributed by atoms with Crippen LogP contribution in [0.5, 0.6) is 0 Å². The fourth-order valence-corrected chi connectivity index (χ4v) is 3.35. The maximum absolute atomic E-state index is 13.3. The highest BCUT2D eigenvalue weighted by Gasteiger charge is 2.28. The number of hydrogen-bond donors (Lipinski definition) is 1. The number of carboxylic acid groups (broad SMARTS) is 1. The molecular formula is C13H16FNO4S. The molecule has 1 aromatic carbocycles. The van der Waals surface area contributed by atoms with E-state index < -0.39 is 27.5 Å². The van der Waals surface area contributed by atoms with Crippen molar-refractivity contribution in [3.8, 4) is 0 Å². The number of aliphatic carboxylic acids is 1. The maximum Gasteiger partial charge on any atom is 0.308 e. The van der Waals surface area contributed by atoms with Gasteiger partial charge in [-0.05, 0) is 31.0 Å². The third-order valence-electron chi connectivity index (χ3n) is 3.43. The standard InChI is InChI=1S/C13H16FNO4S/c1-20(18,19)12-7-10(14)4-5-11(12)15-6-2-3-9(8-15)13(16)17/h4-5,7,9H,2-3,6,8H2,1H3,(H,16,17)/t9-/m0/s1. The first kappa shape index (κ1) is 14.8. The average Bonchev–Trinajstić information content (AvgIpc) is 2.37. The molecule has 1 fully saturated rings. The molecule has 7 heteroatoms. The van der Waals surface area contributed by atoms with Crippen LogP contribution in [0.2, 0.25) is 0 Å². The molecule has 1 N–H and O–H groups in total. The molecule has 2 rings (SSSR count). The molecule has 1 saturated heterocycles. The highest BCUT2D eigenvalue weighted by molar-refractivity contribution is 7.90. The Morgan fingerprint density at radius 3 is 2.75 bits per heavy atom. The molecule has 1 aliphatic heterocycles. The zero-order valence-electron chi connectivity index (χ0n) is 11.0. The molecule has 0 amide bonds. The first-order valence-corrected chi connectivity index (χ1v) is 8.15. The van der Waals surface area contributed by atoms with Crippen LogP contribution in [0.15, 0.2) is 23.1 Å². The van der Waals surface area contributed by atoms with Gasteiger partial charge < -0.3 is 10.0 Å². The van der Waals surface area contributed by atoms with Gasteiger partial charge in [0.1, 0.15) is 5.82 Å². The Balaban J connectivity index is 2.40. The molecule has 1 aromatic rings. The largest absolute Gasteiger partial charge is 0.481 e. The summed E-state index contributed by atoms with van der Waals surface area (Å²) in [5.41, 5.74) is 0.375. The van der Waals surface area contributed by atoms with E-state index in [1.54, 1.807) is 4.90 Å². The van der Waals surface area contributed by atoms with Gasteiger partial charge in [0.15, 0.2) is 9.84 Å². The van der Waals surface area contributed by atoms with Crippen molar-refractivity contribution in [1.82, 2.24) is 0 Å². The molecule has 110 valence electrons. The second kappa shape index (κ2) is 5.40. The fourth-order valence-electron chi connectivity index (χ4n) is 2.44. The minimum atomic E-state index is -3.57. The van der Waals surface area contributed by atoms with Gasteiger partial charge in [0.05, 0.1) is 16.5 Å². The lowest BCUT2D eigenvalue weighted by Gasteiger charge is -2.33. The number of carbonyl (C=O) groups is 1. The Kier molecular flexibility index (Phi) is 3.99. The van der Waals surface area contributed by atoms with E-state index in [0.29, 0.717) is 25.1 Å². The average molecular weight is 301 g/mol. The molecule has 1 atom stereocenters. The molecule has 0 radical (unpaired) electrons. The molecule has 1 aliphatic rings. The smallest absolute Gasteiger partial charge is 0.308 e. The monoisotopic (exact) mass is 301 g/mol. The highest BCUT2D eigenvalue weighted by atomic mass is 32.2. The van der Waals surface area contributed by atoms with Crippen LogP contribution in [0.1, 0.15) is 12.8 Å². The summed E-state index contributed by atoms with van der Waals surface area (Å²) in [5.74, 6) is -2.04. The lowest BCUT2D eigenvalue weighted by molar-refractivity contribution is -0.141. The number of nitrogens with zero attached hydrogens (tertiary/aromatic N) is 1. The third-order valence-corrected chi connectivity index (χ3v) is 4.56. The lowest BCUT2D eigenvalue weighted by Crippen LogP contribution is -2.39. The molecule has 0 saturated carbocycles. The molecule has 0 spiro atoms. The summed E-state index contributed by atoms with van der Waals surface area (Å²) in [4.78, 5) is 12.7. The number of rotatable bonds is 3. The molecule has 5 nitrogen and oxygen atoms in total. The molecule has 0 aliphatic carbocycles. The minimum absolute atomic E-state index is 0.0939. The van der Waals surface area contributed by atoms with Crippen molar-refractivity contribution >= 4 is 21.5 Å². The van der Waals surface area contributed by atoms with Crippen molar-refractivity contribution < 1.29 is 22.7 Å². The zero-order chi connectivity index (χ0) is 14.9. The van der Waals surface area contributed by atoms with Crippen molar-refractivity contribution in [2.45, 2.75) is 17.7 Å². The van der Waals surface area contributed by atoms with E-state index in [1.165, 1.54) is 12.1 Å². The van der Waals surface area contributed by atoms with Gasteiger partial charge in [-0.3, -0.25) is 4.79 Å². The van der Waals surface area contributed by atoms with Crippen LogP contribution < -0.4 is 4.90 Å². The van der Waals surface area contributed by atoms with Crippen molar-refractivity contribution in [2.24, 2.45) is 5.92 Å². The lowest BCUT2D eigenvalue weighted by atomic mass is 9.98. The van der Waals surface area contributed by atoms with Gasteiger partial charge in [-0.15, -0.1) is 0 Å². The number of carboxylic acids is 1. The summed E-state index contributed by atoms with van der Waals surface area (Å²) < 4.78 is 36.8. The zero-order valence-corrected chi connectivity index (χ0v) is 11.9. The van der Waals surface area contributed by atoms with Crippen molar-refractivity contribution in [1.29, 1.82) is 0 Å². The van der Waals surface area contributed by atoms with E-state index in [2.05, 4.69) is 0 Å². The number of hydrogen-bond acceptors (Lipinski definition) is 4. The molecule has 0 bridgehead atoms. The van der Waals surface area contributed by atoms with E-state index in [1.807, 2.05) is 0 Å². The van der Waals surface area contributed by atoms with Crippen LogP contribution in [0.25, 0.3) is 0 Å². The summed E-state index contributed by atoms with van der Waals surface area (Å²) in [6.07, 6.45) is 2.25. The van der Waals surface area contributed by atoms with Crippen LogP contribution in [-0.2, 0) is 14.6 Å². The van der Waals surface area contributed by atoms with E-state index >= 15 is 0 Å². The summed E-state index contributed by atoms with van der Waals surface area (Å²) >= 11 is 0. The van der Waals surface area contributed by atoms with Gasteiger partial charge in [-0.2, -0.15) is 0 Å². The first-order chi connectivity index (χ1) is 9.29. The number of piperidine rings is 1. The highest BCUT2D eigenvalue weighted by Crippen LogP contribution is 2.30. The topological polar surface area (TPSA) is 74.7 Å². The number of anilines is 1. The molecule has 20 heavy (non-hydrogen) atoms. The SMILES string of the molecule is CS(=O)(=O)c1cc(F)ccc1N1CCC[C@H](C(=O)O)C1. The second-order valence-corrected chi connectivity index (χ2v) is 6.99. The summed E-state index contributed by atoms with van der Waals surface area (Å²) in [7, 11) is -3.57. The summed E-state index contributed by atoms with van der Waals surface area (Å²) in [5, 5.41) is 9.07. The Morgan fingerprint density at radius 2 is 2.15 bits per heavy atom. The predicted molar refractivity (Wildman–Crippen MR) is 72.1 cm³/mol. The Hall–Kier alpha value is -1.63. The molecular weight excluding hydrogens is 285 g/mol. The molecule has 1 heterocycles. The Labute approximate surface area is 116 Å². The van der Waals surface area contributed by atoms with Crippen LogP contribution in [0.4, 0.5) is 10.1 Å². The van der Waals surface area contributed by atoms with Crippen LogP contribution in [0, 0.1) is 11.7 Å². The van der Waals surface area contributed by atoms with Gasteiger partial charge in [-0.25, -0.2) is 12.8 Å². The van der Waals surface area contributed by atoms with Gasteiger partial charge in [-0.1, -0.05) is 0 Å². The number of benzene rings is 1. The number of sulfone groups is 1. The molecule has 0 unspecified atom stereocenters. The number of halogens is 1. The Morgan fingerprint density at radius 1 is 1.45 bits per heavy atom. The van der Waals surface area contributed by atoms with E-state index in [9.17, 15) is 17.6 Å². The minimum Gasteiger partial charge on any atom is -0.481 e. The van der Waals surface area contributed by atoms with Gasteiger partial charge >= 0.3 is 5.97 Å². The van der Waals surface area contributed by atoms with Crippen molar-refractivity contribution in [3.63, 3.8) is 0 Å². The van der Waals surface area contributed by atoms with Crippen LogP contribution in [0.3, 0.4) is 0 Å². The third kappa shape index (κ3) is 3.09. The van der Waals surface area contributed by atoms with E-state index in [-0.39, 0.29) is 11.4 Å². The fraction of sp³-hybridized carbons (Fsp3) is 0.462.